The summed E-state index contributed by atoms with van der Waals surface area (Å²) in [5, 5.41) is 2.71. The van der Waals surface area contributed by atoms with Crippen LogP contribution in [0.15, 0.2) is 68.4 Å². The third kappa shape index (κ3) is 5.13. The van der Waals surface area contributed by atoms with Gasteiger partial charge in [-0.25, -0.2) is 9.79 Å². The van der Waals surface area contributed by atoms with Crippen LogP contribution in [0.25, 0.3) is 0 Å². The first-order chi connectivity index (χ1) is 18.8. The number of allylic oxidation sites excluding steroid dienone is 1. The van der Waals surface area contributed by atoms with Gasteiger partial charge in [-0.1, -0.05) is 42.4 Å². The van der Waals surface area contributed by atoms with Gasteiger partial charge < -0.3 is 23.9 Å². The highest BCUT2D eigenvalue weighted by Gasteiger charge is 2.42. The fraction of sp³-hybridized carbons (Fsp3) is 0.379. The molecule has 3 aliphatic heterocycles. The van der Waals surface area contributed by atoms with Crippen LogP contribution >= 0.6 is 11.8 Å². The van der Waals surface area contributed by atoms with Gasteiger partial charge in [-0.15, -0.1) is 0 Å². The zero-order chi connectivity index (χ0) is 27.7. The Morgan fingerprint density at radius 3 is 2.49 bits per heavy atom. The molecular formula is C29H32N4O5S. The molecule has 0 radical (unpaired) electrons. The Morgan fingerprint density at radius 1 is 1.10 bits per heavy atom. The lowest BCUT2D eigenvalue weighted by atomic mass is 9.89. The summed E-state index contributed by atoms with van der Waals surface area (Å²) in [7, 11) is 1.39. The molecule has 1 atom stereocenters. The number of ether oxygens (including phenoxy) is 1. The Balaban J connectivity index is 1.37. The van der Waals surface area contributed by atoms with Crippen LogP contribution in [0.1, 0.15) is 53.1 Å². The Labute approximate surface area is 232 Å². The number of esters is 1. The maximum Gasteiger partial charge on any atom is 0.338 e. The SMILES string of the molecule is CCC1=C(C(=O)OC)[C@H](c2ccc(C)cc2C)N2C(CC(=O)N3CCN(C(=O)c4ccco4)CC3)=CSC2=N1. The molecule has 4 heterocycles. The summed E-state index contributed by atoms with van der Waals surface area (Å²) in [4.78, 5) is 49.5. The van der Waals surface area contributed by atoms with Gasteiger partial charge in [0.2, 0.25) is 5.91 Å². The van der Waals surface area contributed by atoms with E-state index in [2.05, 4.69) is 6.07 Å². The highest BCUT2D eigenvalue weighted by Crippen LogP contribution is 2.46. The van der Waals surface area contributed by atoms with Crippen LogP contribution in [0.2, 0.25) is 0 Å². The number of piperazine rings is 1. The summed E-state index contributed by atoms with van der Waals surface area (Å²) in [5.41, 5.74) is 5.15. The smallest absolute Gasteiger partial charge is 0.338 e. The van der Waals surface area contributed by atoms with E-state index in [0.29, 0.717) is 49.6 Å². The molecule has 1 aromatic heterocycles. The van der Waals surface area contributed by atoms with Gasteiger partial charge in [0.15, 0.2) is 10.9 Å². The van der Waals surface area contributed by atoms with Crippen molar-refractivity contribution in [3.8, 4) is 0 Å². The van der Waals surface area contributed by atoms with E-state index in [1.807, 2.05) is 43.2 Å². The molecule has 0 bridgehead atoms. The monoisotopic (exact) mass is 548 g/mol. The van der Waals surface area contributed by atoms with Crippen molar-refractivity contribution in [2.24, 2.45) is 4.99 Å². The number of carbonyl (C=O) groups excluding carboxylic acids is 3. The predicted octanol–water partition coefficient (Wildman–Crippen LogP) is 4.41. The van der Waals surface area contributed by atoms with Gasteiger partial charge in [0.05, 0.1) is 37.1 Å². The molecule has 0 spiro atoms. The highest BCUT2D eigenvalue weighted by molar-refractivity contribution is 8.16. The normalized spacial score (nSPS) is 19.1. The minimum Gasteiger partial charge on any atom is -0.466 e. The lowest BCUT2D eigenvalue weighted by Gasteiger charge is -2.38. The van der Waals surface area contributed by atoms with Gasteiger partial charge in [-0.3, -0.25) is 9.59 Å². The van der Waals surface area contributed by atoms with Gasteiger partial charge in [-0.2, -0.15) is 0 Å². The summed E-state index contributed by atoms with van der Waals surface area (Å²) in [6.45, 7) is 7.82. The number of nitrogens with zero attached hydrogens (tertiary/aromatic N) is 4. The van der Waals surface area contributed by atoms with Crippen LogP contribution in [0.3, 0.4) is 0 Å². The first-order valence-electron chi connectivity index (χ1n) is 13.0. The number of aliphatic imine (C=N–C) groups is 1. The highest BCUT2D eigenvalue weighted by atomic mass is 32.2. The van der Waals surface area contributed by atoms with Gasteiger partial charge >= 0.3 is 5.97 Å². The molecule has 1 aromatic carbocycles. The van der Waals surface area contributed by atoms with E-state index in [-0.39, 0.29) is 18.2 Å². The largest absolute Gasteiger partial charge is 0.466 e. The van der Waals surface area contributed by atoms with Crippen molar-refractivity contribution < 1.29 is 23.5 Å². The molecule has 204 valence electrons. The molecule has 0 aliphatic carbocycles. The van der Waals surface area contributed by atoms with Gasteiger partial charge in [0.25, 0.3) is 5.91 Å². The molecule has 0 N–H and O–H groups in total. The Hall–Kier alpha value is -3.79. The number of aryl methyl sites for hydroxylation is 2. The van der Waals surface area contributed by atoms with E-state index < -0.39 is 12.0 Å². The number of benzene rings is 1. The number of fused-ring (bicyclic) bond motifs is 1. The molecule has 2 aromatic rings. The van der Waals surface area contributed by atoms with E-state index in [1.165, 1.54) is 25.1 Å². The van der Waals surface area contributed by atoms with Crippen LogP contribution in [-0.4, -0.2) is 70.9 Å². The van der Waals surface area contributed by atoms with Crippen molar-refractivity contribution in [3.05, 3.63) is 81.4 Å². The van der Waals surface area contributed by atoms with Crippen molar-refractivity contribution in [1.29, 1.82) is 0 Å². The lowest BCUT2D eigenvalue weighted by molar-refractivity contribution is -0.136. The van der Waals surface area contributed by atoms with Crippen LogP contribution in [-0.2, 0) is 14.3 Å². The van der Waals surface area contributed by atoms with Gasteiger partial charge in [-0.05, 0) is 48.9 Å². The molecule has 2 amide bonds. The maximum absolute atomic E-state index is 13.5. The summed E-state index contributed by atoms with van der Waals surface area (Å²) < 4.78 is 10.5. The van der Waals surface area contributed by atoms with E-state index in [0.717, 1.165) is 27.6 Å². The zero-order valence-electron chi connectivity index (χ0n) is 22.6. The third-order valence-electron chi connectivity index (χ3n) is 7.33. The third-order valence-corrected chi connectivity index (χ3v) is 8.22. The Bertz CT molecular complexity index is 1390. The van der Waals surface area contributed by atoms with Crippen LogP contribution < -0.4 is 0 Å². The van der Waals surface area contributed by atoms with Crippen molar-refractivity contribution in [1.82, 2.24) is 14.7 Å². The number of furan rings is 1. The van der Waals surface area contributed by atoms with E-state index in [4.69, 9.17) is 14.1 Å². The molecule has 9 nitrogen and oxygen atoms in total. The molecular weight excluding hydrogens is 516 g/mol. The van der Waals surface area contributed by atoms with Gasteiger partial charge in [0, 0.05) is 31.9 Å². The molecule has 0 unspecified atom stereocenters. The Morgan fingerprint density at radius 2 is 1.85 bits per heavy atom. The fourth-order valence-electron chi connectivity index (χ4n) is 5.32. The summed E-state index contributed by atoms with van der Waals surface area (Å²) in [6, 6.07) is 9.07. The average molecular weight is 549 g/mol. The molecule has 0 saturated carbocycles. The van der Waals surface area contributed by atoms with E-state index in [9.17, 15) is 14.4 Å². The minimum absolute atomic E-state index is 0.0301. The van der Waals surface area contributed by atoms with E-state index in [1.54, 1.807) is 21.9 Å². The minimum atomic E-state index is -0.447. The van der Waals surface area contributed by atoms with Crippen LogP contribution in [0, 0.1) is 13.8 Å². The topological polar surface area (TPSA) is 95.7 Å². The number of hydrogen-bond acceptors (Lipinski definition) is 8. The second kappa shape index (κ2) is 11.1. The lowest BCUT2D eigenvalue weighted by Crippen LogP contribution is -2.51. The fourth-order valence-corrected chi connectivity index (χ4v) is 6.26. The molecule has 10 heteroatoms. The maximum atomic E-state index is 13.5. The van der Waals surface area contributed by atoms with Crippen molar-refractivity contribution in [2.45, 2.75) is 39.7 Å². The number of rotatable bonds is 6. The number of carbonyl (C=O) groups is 3. The molecule has 39 heavy (non-hydrogen) atoms. The zero-order valence-corrected chi connectivity index (χ0v) is 23.4. The quantitative estimate of drug-likeness (QED) is 0.494. The number of amides is 2. The number of thioether (sulfide) groups is 1. The predicted molar refractivity (Wildman–Crippen MR) is 149 cm³/mol. The summed E-state index contributed by atoms with van der Waals surface area (Å²) in [5.74, 6) is -0.309. The second-order valence-electron chi connectivity index (χ2n) is 9.79. The van der Waals surface area contributed by atoms with Crippen LogP contribution in [0.4, 0.5) is 0 Å². The summed E-state index contributed by atoms with van der Waals surface area (Å²) in [6.07, 6.45) is 2.22. The van der Waals surface area contributed by atoms with Crippen molar-refractivity contribution in [2.75, 3.05) is 33.3 Å². The molecule has 1 saturated heterocycles. The van der Waals surface area contributed by atoms with Crippen LogP contribution in [0.5, 0.6) is 0 Å². The molecule has 5 rings (SSSR count). The van der Waals surface area contributed by atoms with Crippen molar-refractivity contribution >= 4 is 34.7 Å². The second-order valence-corrected chi connectivity index (χ2v) is 10.6. The standard InChI is InChI=1S/C29H32N4O5S/c1-5-22-25(28(36)37-4)26(21-9-8-18(2)15-19(21)3)33-20(17-39-29(33)30-22)16-24(34)31-10-12-32(13-11-31)27(35)23-7-6-14-38-23/h6-9,14-15,17,26H,5,10-13,16H2,1-4H3/t26-/m0/s1. The first-order valence-corrected chi connectivity index (χ1v) is 13.9. The van der Waals surface area contributed by atoms with Crippen molar-refractivity contribution in [3.63, 3.8) is 0 Å². The summed E-state index contributed by atoms with van der Waals surface area (Å²) >= 11 is 1.47. The first kappa shape index (κ1) is 26.8. The number of methoxy groups -OCH3 is 1. The van der Waals surface area contributed by atoms with E-state index >= 15 is 0 Å². The number of hydrogen-bond donors (Lipinski definition) is 0. The number of amidine groups is 1. The average Bonchev–Trinajstić information content (AvgIpc) is 3.62. The van der Waals surface area contributed by atoms with Gasteiger partial charge in [0.1, 0.15) is 0 Å². The Kier molecular flexibility index (Phi) is 7.65. The molecule has 1 fully saturated rings. The molecule has 3 aliphatic rings.